The van der Waals surface area contributed by atoms with Gasteiger partial charge in [-0.15, -0.1) is 0 Å². The molecule has 0 amide bonds. The molecule has 5 nitrogen and oxygen atoms in total. The number of fused-ring (bicyclic) bond motifs is 3. The Hall–Kier alpha value is -2.56. The molecule has 2 heterocycles. The van der Waals surface area contributed by atoms with Gasteiger partial charge in [-0.05, 0) is 19.4 Å². The summed E-state index contributed by atoms with van der Waals surface area (Å²) < 4.78 is 0. The number of anilines is 1. The van der Waals surface area contributed by atoms with E-state index < -0.39 is 5.97 Å². The number of nitrogens with one attached hydrogen (secondary N) is 1. The third kappa shape index (κ3) is 2.81. The van der Waals surface area contributed by atoms with Gasteiger partial charge in [-0.2, -0.15) is 0 Å². The number of aliphatic carboxylic acids is 1. The van der Waals surface area contributed by atoms with Crippen LogP contribution in [0.4, 0.5) is 5.82 Å². The van der Waals surface area contributed by atoms with E-state index in [1.807, 2.05) is 13.0 Å². The number of pyridine rings is 1. The molecule has 0 saturated carbocycles. The molecule has 2 aromatic heterocycles. The molecule has 0 saturated heterocycles. The highest BCUT2D eigenvalue weighted by Crippen LogP contribution is 2.31. The van der Waals surface area contributed by atoms with Crippen molar-refractivity contribution >= 4 is 33.6 Å². The summed E-state index contributed by atoms with van der Waals surface area (Å²) in [5, 5.41) is 9.84. The normalized spacial score (nSPS) is 10.4. The number of carboxylic acid groups (broad SMARTS) is 1. The van der Waals surface area contributed by atoms with Crippen molar-refractivity contribution in [1.29, 1.82) is 0 Å². The Balaban J connectivity index is 0.000000361. The molecule has 0 aliphatic rings. The Bertz CT molecular complexity index is 802. The fraction of sp³-hybridized carbons (Fsp3) is 0.250. The van der Waals surface area contributed by atoms with Gasteiger partial charge in [0.15, 0.2) is 0 Å². The largest absolute Gasteiger partial charge is 0.481 e. The predicted molar refractivity (Wildman–Crippen MR) is 85.4 cm³/mol. The van der Waals surface area contributed by atoms with Gasteiger partial charge in [-0.3, -0.25) is 4.79 Å². The maximum absolute atomic E-state index is 9.00. The summed E-state index contributed by atoms with van der Waals surface area (Å²) in [6, 6.07) is 8.30. The van der Waals surface area contributed by atoms with E-state index in [2.05, 4.69) is 35.1 Å². The molecular formula is C16H19N3O2. The minimum absolute atomic E-state index is 0.643. The monoisotopic (exact) mass is 285 g/mol. The molecule has 4 N–H and O–H groups in total. The molecule has 110 valence electrons. The number of H-pyrrole nitrogens is 1. The highest BCUT2D eigenvalue weighted by atomic mass is 16.4. The van der Waals surface area contributed by atoms with Crippen LogP contribution in [0.25, 0.3) is 21.8 Å². The van der Waals surface area contributed by atoms with E-state index in [-0.39, 0.29) is 0 Å². The third-order valence-electron chi connectivity index (χ3n) is 3.32. The van der Waals surface area contributed by atoms with Crippen LogP contribution in [-0.4, -0.2) is 21.0 Å². The van der Waals surface area contributed by atoms with Crippen molar-refractivity contribution in [3.8, 4) is 0 Å². The van der Waals surface area contributed by atoms with Gasteiger partial charge in [0, 0.05) is 34.5 Å². The molecule has 0 aliphatic heterocycles. The van der Waals surface area contributed by atoms with Crippen LogP contribution in [0, 0.1) is 6.92 Å². The average Bonchev–Trinajstić information content (AvgIpc) is 2.77. The standard InChI is InChI=1S/C14H15N3.C2H4O2/c1-3-9-13-12(8(2)16-14(9)15)10-6-4-5-7-11(10)17-13;1-2(3)4/h4-7,17H,3H2,1-2H3,(H2,15,16);1H3,(H,3,4). The van der Waals surface area contributed by atoms with Crippen LogP contribution in [0.2, 0.25) is 0 Å². The predicted octanol–water partition coefficient (Wildman–Crippen LogP) is 3.26. The third-order valence-corrected chi connectivity index (χ3v) is 3.32. The van der Waals surface area contributed by atoms with E-state index in [1.165, 1.54) is 10.8 Å². The van der Waals surface area contributed by atoms with Crippen LogP contribution < -0.4 is 5.73 Å². The molecule has 21 heavy (non-hydrogen) atoms. The van der Waals surface area contributed by atoms with Crippen molar-refractivity contribution in [2.24, 2.45) is 0 Å². The lowest BCUT2D eigenvalue weighted by Gasteiger charge is -2.06. The first kappa shape index (κ1) is 14.8. The van der Waals surface area contributed by atoms with Crippen LogP contribution in [0.5, 0.6) is 0 Å². The molecule has 3 aromatic rings. The van der Waals surface area contributed by atoms with Crippen molar-refractivity contribution < 1.29 is 9.90 Å². The van der Waals surface area contributed by atoms with Crippen molar-refractivity contribution in [3.63, 3.8) is 0 Å². The van der Waals surface area contributed by atoms with E-state index in [0.29, 0.717) is 5.82 Å². The lowest BCUT2D eigenvalue weighted by molar-refractivity contribution is -0.134. The van der Waals surface area contributed by atoms with Gasteiger partial charge in [0.2, 0.25) is 0 Å². The lowest BCUT2D eigenvalue weighted by atomic mass is 10.1. The molecule has 0 fully saturated rings. The SMILES string of the molecule is CC(=O)O.CCc1c(N)nc(C)c2c1[nH]c1ccccc12. The number of rotatable bonds is 1. The Morgan fingerprint density at radius 3 is 2.62 bits per heavy atom. The smallest absolute Gasteiger partial charge is 0.300 e. The summed E-state index contributed by atoms with van der Waals surface area (Å²) >= 11 is 0. The fourth-order valence-electron chi connectivity index (χ4n) is 2.53. The van der Waals surface area contributed by atoms with Crippen molar-refractivity contribution in [3.05, 3.63) is 35.5 Å². The van der Waals surface area contributed by atoms with Crippen molar-refractivity contribution in [1.82, 2.24) is 9.97 Å². The molecule has 0 atom stereocenters. The van der Waals surface area contributed by atoms with E-state index in [9.17, 15) is 0 Å². The molecule has 3 rings (SSSR count). The second kappa shape index (κ2) is 5.83. The van der Waals surface area contributed by atoms with Gasteiger partial charge in [0.1, 0.15) is 5.82 Å². The maximum Gasteiger partial charge on any atom is 0.300 e. The topological polar surface area (TPSA) is 92.0 Å². The van der Waals surface area contributed by atoms with Crippen LogP contribution in [0.3, 0.4) is 0 Å². The number of hydrogen-bond donors (Lipinski definition) is 3. The summed E-state index contributed by atoms with van der Waals surface area (Å²) in [6.07, 6.45) is 0.891. The van der Waals surface area contributed by atoms with Gasteiger partial charge in [-0.1, -0.05) is 25.1 Å². The first-order valence-electron chi connectivity index (χ1n) is 6.80. The summed E-state index contributed by atoms with van der Waals surface area (Å²) in [7, 11) is 0. The second-order valence-corrected chi connectivity index (χ2v) is 4.85. The zero-order chi connectivity index (χ0) is 15.6. The summed E-state index contributed by atoms with van der Waals surface area (Å²) in [6.45, 7) is 5.20. The minimum atomic E-state index is -0.833. The Kier molecular flexibility index (Phi) is 4.12. The summed E-state index contributed by atoms with van der Waals surface area (Å²) in [4.78, 5) is 16.9. The molecule has 1 aromatic carbocycles. The highest BCUT2D eigenvalue weighted by Gasteiger charge is 2.13. The molecule has 0 radical (unpaired) electrons. The van der Waals surface area contributed by atoms with Gasteiger partial charge in [-0.25, -0.2) is 4.98 Å². The molecule has 0 unspecified atom stereocenters. The average molecular weight is 285 g/mol. The molecule has 0 bridgehead atoms. The van der Waals surface area contributed by atoms with Crippen LogP contribution in [-0.2, 0) is 11.2 Å². The zero-order valence-electron chi connectivity index (χ0n) is 12.4. The molecule has 5 heteroatoms. The first-order valence-corrected chi connectivity index (χ1v) is 6.80. The summed E-state index contributed by atoms with van der Waals surface area (Å²) in [5.74, 6) is -0.191. The van der Waals surface area contributed by atoms with Gasteiger partial charge >= 0.3 is 0 Å². The van der Waals surface area contributed by atoms with Gasteiger partial charge in [0.25, 0.3) is 5.97 Å². The number of aryl methyl sites for hydroxylation is 2. The van der Waals surface area contributed by atoms with E-state index in [1.54, 1.807) is 0 Å². The number of carbonyl (C=O) groups is 1. The summed E-state index contributed by atoms with van der Waals surface area (Å²) in [5.41, 5.74) is 10.4. The number of nitrogen functional groups attached to an aromatic ring is 1. The number of nitrogens with zero attached hydrogens (tertiary/aromatic N) is 1. The van der Waals surface area contributed by atoms with Gasteiger partial charge < -0.3 is 15.8 Å². The highest BCUT2D eigenvalue weighted by molar-refractivity contribution is 6.10. The first-order chi connectivity index (χ1) is 9.95. The zero-order valence-corrected chi connectivity index (χ0v) is 12.4. The molecular weight excluding hydrogens is 266 g/mol. The number of aromatic amines is 1. The Morgan fingerprint density at radius 2 is 2.00 bits per heavy atom. The van der Waals surface area contributed by atoms with Crippen LogP contribution in [0.15, 0.2) is 24.3 Å². The van der Waals surface area contributed by atoms with E-state index in [4.69, 9.17) is 15.6 Å². The van der Waals surface area contributed by atoms with Gasteiger partial charge in [0.05, 0.1) is 5.52 Å². The van der Waals surface area contributed by atoms with E-state index >= 15 is 0 Å². The Morgan fingerprint density at radius 1 is 1.38 bits per heavy atom. The van der Waals surface area contributed by atoms with Crippen LogP contribution >= 0.6 is 0 Å². The number of benzene rings is 1. The number of carboxylic acids is 1. The quantitative estimate of drug-likeness (QED) is 0.640. The maximum atomic E-state index is 9.00. The number of nitrogens with two attached hydrogens (primary N) is 1. The lowest BCUT2D eigenvalue weighted by Crippen LogP contribution is -1.99. The minimum Gasteiger partial charge on any atom is -0.481 e. The number of hydrogen-bond acceptors (Lipinski definition) is 3. The molecule has 0 aliphatic carbocycles. The van der Waals surface area contributed by atoms with Crippen LogP contribution in [0.1, 0.15) is 25.1 Å². The van der Waals surface area contributed by atoms with Crippen molar-refractivity contribution in [2.75, 3.05) is 5.73 Å². The Labute approximate surface area is 122 Å². The molecule has 0 spiro atoms. The fourth-order valence-corrected chi connectivity index (χ4v) is 2.53. The van der Waals surface area contributed by atoms with Crippen molar-refractivity contribution in [2.45, 2.75) is 27.2 Å². The number of para-hydroxylation sites is 1. The van der Waals surface area contributed by atoms with E-state index in [0.717, 1.165) is 35.6 Å². The second-order valence-electron chi connectivity index (χ2n) is 4.85. The number of aromatic nitrogens is 2.